The van der Waals surface area contributed by atoms with E-state index in [4.69, 9.17) is 13.9 Å². The molecule has 3 heterocycles. The van der Waals surface area contributed by atoms with E-state index in [2.05, 4.69) is 31.9 Å². The monoisotopic (exact) mass is 470 g/mol. The molecular weight excluding hydrogens is 444 g/mol. The van der Waals surface area contributed by atoms with Gasteiger partial charge in [-0.25, -0.2) is 0 Å². The van der Waals surface area contributed by atoms with Gasteiger partial charge in [-0.3, -0.25) is 10.3 Å². The lowest BCUT2D eigenvalue weighted by Crippen LogP contribution is -2.10. The fourth-order valence-corrected chi connectivity index (χ4v) is 3.66. The zero-order valence-electron chi connectivity index (χ0n) is 19.6. The number of benzene rings is 1. The van der Waals surface area contributed by atoms with Gasteiger partial charge in [-0.1, -0.05) is 29.4 Å². The van der Waals surface area contributed by atoms with Gasteiger partial charge in [0.2, 0.25) is 5.88 Å². The van der Waals surface area contributed by atoms with Crippen LogP contribution in [0.1, 0.15) is 18.4 Å². The van der Waals surface area contributed by atoms with Gasteiger partial charge < -0.3 is 24.1 Å². The summed E-state index contributed by atoms with van der Waals surface area (Å²) < 4.78 is 17.3. The Labute approximate surface area is 203 Å². The summed E-state index contributed by atoms with van der Waals surface area (Å²) in [7, 11) is 3.99. The molecule has 0 amide bonds. The van der Waals surface area contributed by atoms with Crippen molar-refractivity contribution < 1.29 is 13.9 Å². The van der Waals surface area contributed by atoms with Gasteiger partial charge in [-0.2, -0.15) is 0 Å². The maximum absolute atomic E-state index is 5.93. The molecule has 178 valence electrons. The third kappa shape index (κ3) is 5.35. The molecule has 9 heteroatoms. The SMILES string of the molecule is CN(C)c1ccc(-c2nnc(NC3=COC=C(C4=CC=CCC4)O3)o2)c(NCc2cccnc2)c1. The number of rotatable bonds is 8. The Hall–Kier alpha value is -4.53. The lowest BCUT2D eigenvalue weighted by Gasteiger charge is -2.19. The minimum absolute atomic E-state index is 0.198. The van der Waals surface area contributed by atoms with Crippen molar-refractivity contribution in [3.8, 4) is 11.5 Å². The third-order valence-electron chi connectivity index (χ3n) is 5.51. The summed E-state index contributed by atoms with van der Waals surface area (Å²) in [5.74, 6) is 1.39. The lowest BCUT2D eigenvalue weighted by molar-refractivity contribution is 0.232. The van der Waals surface area contributed by atoms with Gasteiger partial charge in [-0.05, 0) is 48.2 Å². The second kappa shape index (κ2) is 10.2. The fourth-order valence-electron chi connectivity index (χ4n) is 3.66. The standard InChI is InChI=1S/C26H26N6O3/c1-32(2)20-10-11-21(22(13-20)28-15-18-7-6-12-27-14-18)25-30-31-26(35-25)29-24-17-33-16-23(34-24)19-8-4-3-5-9-19/h3-4,6-8,10-14,16-17,28H,5,9,15H2,1-2H3,(H,29,31). The number of hydrogen-bond acceptors (Lipinski definition) is 9. The highest BCUT2D eigenvalue weighted by molar-refractivity contribution is 5.77. The lowest BCUT2D eigenvalue weighted by atomic mass is 10.0. The van der Waals surface area contributed by atoms with Crippen LogP contribution in [0.3, 0.4) is 0 Å². The van der Waals surface area contributed by atoms with E-state index in [0.29, 0.717) is 24.1 Å². The largest absolute Gasteiger partial charge is 0.463 e. The number of aromatic nitrogens is 3. The molecule has 9 nitrogen and oxygen atoms in total. The van der Waals surface area contributed by atoms with Crippen LogP contribution in [0.4, 0.5) is 17.4 Å². The summed E-state index contributed by atoms with van der Waals surface area (Å²) in [4.78, 5) is 6.22. The van der Waals surface area contributed by atoms with E-state index in [1.54, 1.807) is 12.5 Å². The second-order valence-electron chi connectivity index (χ2n) is 8.24. The molecule has 0 unspecified atom stereocenters. The van der Waals surface area contributed by atoms with Crippen LogP contribution in [0.25, 0.3) is 11.5 Å². The molecule has 2 aromatic heterocycles. The minimum atomic E-state index is 0.198. The molecule has 0 saturated heterocycles. The molecule has 0 atom stereocenters. The molecule has 2 aliphatic rings. The molecule has 1 aromatic carbocycles. The molecule has 1 aliphatic carbocycles. The van der Waals surface area contributed by atoms with Gasteiger partial charge in [0.25, 0.3) is 5.89 Å². The van der Waals surface area contributed by atoms with E-state index in [9.17, 15) is 0 Å². The Morgan fingerprint density at radius 3 is 2.86 bits per heavy atom. The predicted octanol–water partition coefficient (Wildman–Crippen LogP) is 5.19. The van der Waals surface area contributed by atoms with Crippen LogP contribution in [-0.2, 0) is 16.0 Å². The summed E-state index contributed by atoms with van der Waals surface area (Å²) in [5.41, 5.74) is 4.83. The van der Waals surface area contributed by atoms with E-state index >= 15 is 0 Å². The van der Waals surface area contributed by atoms with Gasteiger partial charge >= 0.3 is 6.01 Å². The van der Waals surface area contributed by atoms with Crippen LogP contribution in [0.5, 0.6) is 0 Å². The fraction of sp³-hybridized carbons (Fsp3) is 0.192. The van der Waals surface area contributed by atoms with Gasteiger partial charge in [-0.15, -0.1) is 5.10 Å². The van der Waals surface area contributed by atoms with Crippen molar-refractivity contribution in [2.24, 2.45) is 0 Å². The van der Waals surface area contributed by atoms with Crippen LogP contribution < -0.4 is 15.5 Å². The Morgan fingerprint density at radius 1 is 1.11 bits per heavy atom. The second-order valence-corrected chi connectivity index (χ2v) is 8.24. The van der Waals surface area contributed by atoms with Crippen molar-refractivity contribution in [2.45, 2.75) is 19.4 Å². The number of nitrogens with zero attached hydrogens (tertiary/aromatic N) is 4. The van der Waals surface area contributed by atoms with E-state index in [-0.39, 0.29) is 6.01 Å². The minimum Gasteiger partial charge on any atom is -0.463 e. The van der Waals surface area contributed by atoms with Crippen molar-refractivity contribution in [3.05, 3.63) is 96.3 Å². The summed E-state index contributed by atoms with van der Waals surface area (Å²) in [6, 6.07) is 10.1. The highest BCUT2D eigenvalue weighted by Crippen LogP contribution is 2.33. The van der Waals surface area contributed by atoms with Crippen LogP contribution >= 0.6 is 0 Å². The summed E-state index contributed by atoms with van der Waals surface area (Å²) >= 11 is 0. The summed E-state index contributed by atoms with van der Waals surface area (Å²) in [5, 5.41) is 14.9. The number of hydrogen-bond donors (Lipinski definition) is 2. The Balaban J connectivity index is 1.32. The maximum Gasteiger partial charge on any atom is 0.322 e. The quantitative estimate of drug-likeness (QED) is 0.461. The Bertz CT molecular complexity index is 1310. The number of pyridine rings is 1. The first-order valence-electron chi connectivity index (χ1n) is 11.3. The van der Waals surface area contributed by atoms with Crippen molar-refractivity contribution >= 4 is 17.4 Å². The molecular formula is C26H26N6O3. The molecule has 3 aromatic rings. The number of allylic oxidation sites excluding steroid dienone is 4. The first kappa shape index (κ1) is 22.3. The Kier molecular flexibility index (Phi) is 6.47. The summed E-state index contributed by atoms with van der Waals surface area (Å²) in [6.07, 6.45) is 14.6. The number of ether oxygens (including phenoxy) is 2. The molecule has 0 fully saturated rings. The van der Waals surface area contributed by atoms with Gasteiger partial charge in [0, 0.05) is 44.4 Å². The van der Waals surface area contributed by atoms with Crippen molar-refractivity contribution in [1.29, 1.82) is 0 Å². The van der Waals surface area contributed by atoms with Gasteiger partial charge in [0.15, 0.2) is 12.0 Å². The maximum atomic E-state index is 5.93. The van der Waals surface area contributed by atoms with Crippen LogP contribution in [0.2, 0.25) is 0 Å². The zero-order chi connectivity index (χ0) is 24.0. The topological polar surface area (TPSA) is 97.6 Å². The summed E-state index contributed by atoms with van der Waals surface area (Å²) in [6.45, 7) is 0.606. The molecule has 0 radical (unpaired) electrons. The molecule has 0 spiro atoms. The smallest absolute Gasteiger partial charge is 0.322 e. The van der Waals surface area contributed by atoms with Crippen LogP contribution in [0, 0.1) is 0 Å². The van der Waals surface area contributed by atoms with Crippen LogP contribution in [0.15, 0.2) is 95.1 Å². The number of anilines is 3. The van der Waals surface area contributed by atoms with Crippen molar-refractivity contribution in [1.82, 2.24) is 15.2 Å². The Morgan fingerprint density at radius 2 is 2.06 bits per heavy atom. The number of nitrogens with one attached hydrogen (secondary N) is 2. The first-order chi connectivity index (χ1) is 17.2. The molecule has 35 heavy (non-hydrogen) atoms. The zero-order valence-corrected chi connectivity index (χ0v) is 19.6. The third-order valence-corrected chi connectivity index (χ3v) is 5.51. The highest BCUT2D eigenvalue weighted by Gasteiger charge is 2.19. The first-order valence-corrected chi connectivity index (χ1v) is 11.3. The molecule has 2 N–H and O–H groups in total. The molecule has 1 aliphatic heterocycles. The van der Waals surface area contributed by atoms with Crippen molar-refractivity contribution in [3.63, 3.8) is 0 Å². The highest BCUT2D eigenvalue weighted by atomic mass is 16.6. The predicted molar refractivity (Wildman–Crippen MR) is 134 cm³/mol. The average molecular weight is 471 g/mol. The van der Waals surface area contributed by atoms with Gasteiger partial charge in [0.05, 0.1) is 5.56 Å². The molecule has 0 saturated carbocycles. The van der Waals surface area contributed by atoms with E-state index in [1.165, 1.54) is 6.26 Å². The molecule has 0 bridgehead atoms. The normalized spacial score (nSPS) is 14.7. The molecule has 5 rings (SSSR count). The van der Waals surface area contributed by atoms with Crippen LogP contribution in [-0.4, -0.2) is 29.3 Å². The average Bonchev–Trinajstić information content (AvgIpc) is 3.36. The van der Waals surface area contributed by atoms with E-state index in [0.717, 1.165) is 40.9 Å². The van der Waals surface area contributed by atoms with E-state index in [1.807, 2.05) is 67.7 Å². The van der Waals surface area contributed by atoms with Crippen molar-refractivity contribution in [2.75, 3.05) is 29.6 Å². The van der Waals surface area contributed by atoms with Gasteiger partial charge in [0.1, 0.15) is 6.26 Å². The van der Waals surface area contributed by atoms with E-state index < -0.39 is 0 Å².